The molecule has 3 nitrogen and oxygen atoms in total. The molecule has 1 aliphatic rings. The molecule has 0 saturated carbocycles. The van der Waals surface area contributed by atoms with Gasteiger partial charge < -0.3 is 4.42 Å². The van der Waals surface area contributed by atoms with Gasteiger partial charge in [-0.2, -0.15) is 0 Å². The van der Waals surface area contributed by atoms with Crippen LogP contribution in [0, 0.1) is 0 Å². The Morgan fingerprint density at radius 3 is 1.93 bits per heavy atom. The summed E-state index contributed by atoms with van der Waals surface area (Å²) in [7, 11) is 0. The summed E-state index contributed by atoms with van der Waals surface area (Å²) in [6.07, 6.45) is 0. The second-order valence-electron chi connectivity index (χ2n) is 14.6. The van der Waals surface area contributed by atoms with Crippen molar-refractivity contribution in [2.45, 2.75) is 12.3 Å². The van der Waals surface area contributed by atoms with Crippen molar-refractivity contribution in [2.24, 2.45) is 0 Å². The van der Waals surface area contributed by atoms with Gasteiger partial charge in [-0.05, 0) is 69.3 Å². The van der Waals surface area contributed by atoms with Crippen molar-refractivity contribution in [3.8, 4) is 56.2 Å². The molecule has 0 bridgehead atoms. The molecule has 0 saturated heterocycles. The van der Waals surface area contributed by atoms with Crippen LogP contribution in [0.2, 0.25) is 0 Å². The van der Waals surface area contributed by atoms with Crippen LogP contribution in [0.4, 0.5) is 0 Å². The van der Waals surface area contributed by atoms with Gasteiger partial charge in [0, 0.05) is 38.4 Å². The van der Waals surface area contributed by atoms with Crippen LogP contribution >= 0.6 is 0 Å². The van der Waals surface area contributed by atoms with Crippen LogP contribution < -0.4 is 0 Å². The van der Waals surface area contributed by atoms with Crippen molar-refractivity contribution in [1.29, 1.82) is 0 Å². The average molecular weight is 703 g/mol. The molecule has 1 unspecified atom stereocenters. The predicted molar refractivity (Wildman–Crippen MR) is 226 cm³/mol. The minimum absolute atomic E-state index is 0.324. The highest BCUT2D eigenvalue weighted by Crippen LogP contribution is 2.53. The first-order valence-electron chi connectivity index (χ1n) is 18.8. The quantitative estimate of drug-likeness (QED) is 0.179. The average Bonchev–Trinajstić information content (AvgIpc) is 3.77. The molecule has 0 spiro atoms. The first-order valence-corrected chi connectivity index (χ1v) is 18.8. The van der Waals surface area contributed by atoms with Gasteiger partial charge in [-0.1, -0.05) is 170 Å². The number of nitrogens with zero attached hydrogens (tertiary/aromatic N) is 2. The standard InChI is InChI=1S/C52H34N2O/c1-52(35-17-3-2-4-18-35)45-27-11-9-21-38(45)39-30-29-34(31-46(39)52)47-32-48(54-51(53-47)44-26-13-16-33-15-5-6-19-36(33)44)40-22-8-7-20-37(40)42-24-14-25-43-41-23-10-12-28-49(41)55-50(42)43/h2-32H,1H3. The Bertz CT molecular complexity index is 3120. The number of aromatic nitrogens is 2. The summed E-state index contributed by atoms with van der Waals surface area (Å²) in [5, 5.41) is 4.49. The fourth-order valence-electron chi connectivity index (χ4n) is 8.91. The molecule has 1 atom stereocenters. The van der Waals surface area contributed by atoms with Crippen molar-refractivity contribution < 1.29 is 4.42 Å². The van der Waals surface area contributed by atoms with E-state index in [1.54, 1.807) is 0 Å². The molecule has 0 fully saturated rings. The Balaban J connectivity index is 1.15. The van der Waals surface area contributed by atoms with Gasteiger partial charge in [0.05, 0.1) is 11.4 Å². The van der Waals surface area contributed by atoms with Crippen molar-refractivity contribution in [3.05, 3.63) is 205 Å². The van der Waals surface area contributed by atoms with Crippen LogP contribution in [0.5, 0.6) is 0 Å². The van der Waals surface area contributed by atoms with Crippen molar-refractivity contribution >= 4 is 32.7 Å². The third kappa shape index (κ3) is 4.83. The van der Waals surface area contributed by atoms with Gasteiger partial charge in [0.25, 0.3) is 0 Å². The van der Waals surface area contributed by atoms with E-state index in [1.165, 1.54) is 27.8 Å². The SMILES string of the molecule is CC1(c2ccccc2)c2ccccc2-c2ccc(-c3cc(-c4ccccc4-c4cccc5c4oc4ccccc45)nc(-c4cccc5ccccc45)n3)cc21. The Morgan fingerprint density at radius 1 is 0.418 bits per heavy atom. The molecule has 1 aliphatic carbocycles. The third-order valence-corrected chi connectivity index (χ3v) is 11.6. The second-order valence-corrected chi connectivity index (χ2v) is 14.6. The van der Waals surface area contributed by atoms with E-state index in [-0.39, 0.29) is 5.41 Å². The summed E-state index contributed by atoms with van der Waals surface area (Å²) < 4.78 is 6.56. The van der Waals surface area contributed by atoms with E-state index in [0.29, 0.717) is 5.82 Å². The summed E-state index contributed by atoms with van der Waals surface area (Å²) in [6, 6.07) is 66.8. The van der Waals surface area contributed by atoms with Crippen molar-refractivity contribution in [3.63, 3.8) is 0 Å². The lowest BCUT2D eigenvalue weighted by Gasteiger charge is -2.28. The van der Waals surface area contributed by atoms with Crippen LogP contribution in [-0.2, 0) is 5.41 Å². The maximum atomic E-state index is 6.56. The van der Waals surface area contributed by atoms with Crippen LogP contribution in [0.25, 0.3) is 88.9 Å². The zero-order chi connectivity index (χ0) is 36.5. The molecular weight excluding hydrogens is 669 g/mol. The number of para-hydroxylation sites is 2. The van der Waals surface area contributed by atoms with Crippen molar-refractivity contribution in [1.82, 2.24) is 9.97 Å². The second kappa shape index (κ2) is 12.2. The molecule has 3 heteroatoms. The fraction of sp³-hybridized carbons (Fsp3) is 0.0385. The van der Waals surface area contributed by atoms with Gasteiger partial charge in [0.15, 0.2) is 5.82 Å². The monoisotopic (exact) mass is 702 g/mol. The lowest BCUT2D eigenvalue weighted by Crippen LogP contribution is -2.22. The lowest BCUT2D eigenvalue weighted by atomic mass is 9.74. The van der Waals surface area contributed by atoms with Gasteiger partial charge in [-0.25, -0.2) is 9.97 Å². The first kappa shape index (κ1) is 31.4. The van der Waals surface area contributed by atoms with E-state index in [9.17, 15) is 0 Å². The van der Waals surface area contributed by atoms with Crippen LogP contribution in [0.3, 0.4) is 0 Å². The largest absolute Gasteiger partial charge is 0.455 e. The summed E-state index contributed by atoms with van der Waals surface area (Å²) in [5.74, 6) is 0.690. The minimum Gasteiger partial charge on any atom is -0.455 e. The zero-order valence-corrected chi connectivity index (χ0v) is 30.2. The molecule has 0 aliphatic heterocycles. The van der Waals surface area contributed by atoms with Gasteiger partial charge in [-0.3, -0.25) is 0 Å². The molecule has 2 heterocycles. The number of benzene rings is 8. The number of rotatable bonds is 5. The molecule has 8 aromatic carbocycles. The van der Waals surface area contributed by atoms with E-state index < -0.39 is 0 Å². The highest BCUT2D eigenvalue weighted by Gasteiger charge is 2.40. The summed E-state index contributed by atoms with van der Waals surface area (Å²) in [6.45, 7) is 2.36. The Morgan fingerprint density at radius 2 is 1.04 bits per heavy atom. The molecule has 0 amide bonds. The van der Waals surface area contributed by atoms with Crippen LogP contribution in [-0.4, -0.2) is 9.97 Å². The van der Waals surface area contributed by atoms with Crippen LogP contribution in [0.15, 0.2) is 192 Å². The molecule has 55 heavy (non-hydrogen) atoms. The minimum atomic E-state index is -0.324. The van der Waals surface area contributed by atoms with E-state index in [0.717, 1.165) is 71.9 Å². The normalized spacial score (nSPS) is 14.7. The van der Waals surface area contributed by atoms with E-state index in [4.69, 9.17) is 14.4 Å². The Hall–Kier alpha value is -7.10. The molecule has 2 aromatic heterocycles. The number of hydrogen-bond acceptors (Lipinski definition) is 3. The van der Waals surface area contributed by atoms with Crippen LogP contribution in [0.1, 0.15) is 23.6 Å². The van der Waals surface area contributed by atoms with E-state index in [2.05, 4.69) is 183 Å². The zero-order valence-electron chi connectivity index (χ0n) is 30.2. The van der Waals surface area contributed by atoms with Gasteiger partial charge in [0.1, 0.15) is 11.2 Å². The fourth-order valence-corrected chi connectivity index (χ4v) is 8.91. The lowest BCUT2D eigenvalue weighted by molar-refractivity contribution is 0.670. The first-order chi connectivity index (χ1) is 27.1. The highest BCUT2D eigenvalue weighted by molar-refractivity contribution is 6.10. The maximum Gasteiger partial charge on any atom is 0.161 e. The predicted octanol–water partition coefficient (Wildman–Crippen LogP) is 13.5. The maximum absolute atomic E-state index is 6.56. The van der Waals surface area contributed by atoms with E-state index in [1.807, 2.05) is 12.1 Å². The summed E-state index contributed by atoms with van der Waals surface area (Å²) in [4.78, 5) is 10.8. The molecule has 258 valence electrons. The summed E-state index contributed by atoms with van der Waals surface area (Å²) >= 11 is 0. The molecular formula is C52H34N2O. The smallest absolute Gasteiger partial charge is 0.161 e. The van der Waals surface area contributed by atoms with Gasteiger partial charge >= 0.3 is 0 Å². The molecule has 11 rings (SSSR count). The summed E-state index contributed by atoms with van der Waals surface area (Å²) in [5.41, 5.74) is 14.7. The third-order valence-electron chi connectivity index (χ3n) is 11.6. The number of hydrogen-bond donors (Lipinski definition) is 0. The van der Waals surface area contributed by atoms with Gasteiger partial charge in [0.2, 0.25) is 0 Å². The molecule has 0 radical (unpaired) electrons. The Labute approximate surface area is 319 Å². The van der Waals surface area contributed by atoms with Gasteiger partial charge in [-0.15, -0.1) is 0 Å². The van der Waals surface area contributed by atoms with E-state index >= 15 is 0 Å². The van der Waals surface area contributed by atoms with Crippen molar-refractivity contribution in [2.75, 3.05) is 0 Å². The number of furan rings is 1. The highest BCUT2D eigenvalue weighted by atomic mass is 16.3. The number of fused-ring (bicyclic) bond motifs is 7. The Kier molecular flexibility index (Phi) is 6.99. The topological polar surface area (TPSA) is 38.9 Å². The molecule has 10 aromatic rings. The molecule has 0 N–H and O–H groups in total.